The third kappa shape index (κ3) is 4.58. The number of oxazole rings is 1. The van der Waals surface area contributed by atoms with Crippen molar-refractivity contribution < 1.29 is 23.4 Å². The number of rotatable bonds is 8. The first-order valence-corrected chi connectivity index (χ1v) is 8.32. The third-order valence-electron chi connectivity index (χ3n) is 3.94. The van der Waals surface area contributed by atoms with E-state index in [1.165, 1.54) is 6.39 Å². The lowest BCUT2D eigenvalue weighted by Gasteiger charge is -2.10. The molecular formula is C18H22N2O5. The molecule has 1 atom stereocenters. The monoisotopic (exact) mass is 346 g/mol. The molecule has 1 amide bonds. The van der Waals surface area contributed by atoms with Gasteiger partial charge in [0.15, 0.2) is 17.8 Å². The van der Waals surface area contributed by atoms with E-state index in [0.29, 0.717) is 37.8 Å². The second-order valence-electron chi connectivity index (χ2n) is 5.74. The van der Waals surface area contributed by atoms with Crippen LogP contribution in [0.25, 0.3) is 0 Å². The number of aromatic nitrogens is 1. The first-order chi connectivity index (χ1) is 12.3. The predicted molar refractivity (Wildman–Crippen MR) is 89.4 cm³/mol. The maximum atomic E-state index is 12.4. The van der Waals surface area contributed by atoms with Gasteiger partial charge in [-0.15, -0.1) is 0 Å². The lowest BCUT2D eigenvalue weighted by Crippen LogP contribution is -2.24. The van der Waals surface area contributed by atoms with Gasteiger partial charge in [0.25, 0.3) is 5.91 Å². The van der Waals surface area contributed by atoms with Crippen molar-refractivity contribution >= 4 is 5.91 Å². The molecule has 1 aliphatic rings. The van der Waals surface area contributed by atoms with Crippen LogP contribution in [0, 0.1) is 0 Å². The van der Waals surface area contributed by atoms with Gasteiger partial charge in [0, 0.05) is 20.3 Å². The first-order valence-electron chi connectivity index (χ1n) is 8.32. The smallest absolute Gasteiger partial charge is 0.273 e. The molecule has 7 heteroatoms. The summed E-state index contributed by atoms with van der Waals surface area (Å²) in [6.07, 6.45) is 2.91. The van der Waals surface area contributed by atoms with Crippen molar-refractivity contribution in [3.8, 4) is 5.75 Å². The summed E-state index contributed by atoms with van der Waals surface area (Å²) in [6, 6.07) is 7.57. The van der Waals surface area contributed by atoms with Gasteiger partial charge in [-0.05, 0) is 30.5 Å². The molecule has 2 aromatic rings. The summed E-state index contributed by atoms with van der Waals surface area (Å²) in [5, 5.41) is 2.86. The van der Waals surface area contributed by atoms with Gasteiger partial charge in [0.05, 0.1) is 6.61 Å². The summed E-state index contributed by atoms with van der Waals surface area (Å²) in [5.74, 6) is 0.974. The van der Waals surface area contributed by atoms with Crippen molar-refractivity contribution in [3.05, 3.63) is 47.7 Å². The third-order valence-corrected chi connectivity index (χ3v) is 3.94. The molecule has 0 bridgehead atoms. The Morgan fingerprint density at radius 3 is 3.12 bits per heavy atom. The number of hydrogen-bond acceptors (Lipinski definition) is 6. The second-order valence-corrected chi connectivity index (χ2v) is 5.74. The standard InChI is InChI=1S/C18H22N2O5/c1-22-8-9-23-14-5-2-4-13(10-14)11-19-18(21)16-17(25-12-20-16)15-6-3-7-24-15/h2,4-5,10,12,15H,3,6-9,11H2,1H3,(H,19,21). The van der Waals surface area contributed by atoms with E-state index >= 15 is 0 Å². The van der Waals surface area contributed by atoms with Crippen LogP contribution in [0.5, 0.6) is 5.75 Å². The molecule has 25 heavy (non-hydrogen) atoms. The minimum Gasteiger partial charge on any atom is -0.491 e. The SMILES string of the molecule is COCCOc1cccc(CNC(=O)c2ncoc2C2CCCO2)c1. The van der Waals surface area contributed by atoms with Crippen LogP contribution >= 0.6 is 0 Å². The van der Waals surface area contributed by atoms with Crippen LogP contribution in [0.4, 0.5) is 0 Å². The normalized spacial score (nSPS) is 16.8. The second kappa shape index (κ2) is 8.64. The van der Waals surface area contributed by atoms with E-state index in [1.54, 1.807) is 7.11 Å². The molecule has 0 spiro atoms. The van der Waals surface area contributed by atoms with Crippen molar-refractivity contribution in [1.29, 1.82) is 0 Å². The van der Waals surface area contributed by atoms with Gasteiger partial charge in [-0.3, -0.25) is 4.79 Å². The van der Waals surface area contributed by atoms with E-state index in [1.807, 2.05) is 24.3 Å². The van der Waals surface area contributed by atoms with Crippen LogP contribution in [0.3, 0.4) is 0 Å². The topological polar surface area (TPSA) is 82.8 Å². The highest BCUT2D eigenvalue weighted by Crippen LogP contribution is 2.30. The maximum absolute atomic E-state index is 12.4. The van der Waals surface area contributed by atoms with Gasteiger partial charge in [-0.25, -0.2) is 4.98 Å². The van der Waals surface area contributed by atoms with Crippen LogP contribution in [-0.2, 0) is 16.0 Å². The number of amides is 1. The summed E-state index contributed by atoms with van der Waals surface area (Å²) in [5.41, 5.74) is 1.23. The maximum Gasteiger partial charge on any atom is 0.273 e. The minimum atomic E-state index is -0.273. The average molecular weight is 346 g/mol. The zero-order valence-corrected chi connectivity index (χ0v) is 14.2. The Morgan fingerprint density at radius 1 is 1.40 bits per heavy atom. The molecule has 134 valence electrons. The molecule has 3 rings (SSSR count). The molecule has 1 fully saturated rings. The van der Waals surface area contributed by atoms with E-state index in [2.05, 4.69) is 10.3 Å². The van der Waals surface area contributed by atoms with Gasteiger partial charge in [0.1, 0.15) is 18.5 Å². The Hall–Kier alpha value is -2.38. The van der Waals surface area contributed by atoms with E-state index in [4.69, 9.17) is 18.6 Å². The Kier molecular flexibility index (Phi) is 6.03. The lowest BCUT2D eigenvalue weighted by atomic mass is 10.1. The van der Waals surface area contributed by atoms with Crippen molar-refractivity contribution in [2.24, 2.45) is 0 Å². The molecule has 1 saturated heterocycles. The molecule has 1 unspecified atom stereocenters. The number of carbonyl (C=O) groups is 1. The average Bonchev–Trinajstić information content (AvgIpc) is 3.31. The van der Waals surface area contributed by atoms with Gasteiger partial charge in [0.2, 0.25) is 0 Å². The number of benzene rings is 1. The lowest BCUT2D eigenvalue weighted by molar-refractivity contribution is 0.0860. The van der Waals surface area contributed by atoms with Gasteiger partial charge >= 0.3 is 0 Å². The number of nitrogens with one attached hydrogen (secondary N) is 1. The summed E-state index contributed by atoms with van der Waals surface area (Å²) >= 11 is 0. The number of nitrogens with zero attached hydrogens (tertiary/aromatic N) is 1. The molecule has 0 saturated carbocycles. The fraction of sp³-hybridized carbons (Fsp3) is 0.444. The Labute approximate surface area is 146 Å². The predicted octanol–water partition coefficient (Wildman–Crippen LogP) is 2.48. The van der Waals surface area contributed by atoms with Gasteiger partial charge in [-0.2, -0.15) is 0 Å². The van der Waals surface area contributed by atoms with Crippen molar-refractivity contribution in [3.63, 3.8) is 0 Å². The van der Waals surface area contributed by atoms with Crippen LogP contribution < -0.4 is 10.1 Å². The van der Waals surface area contributed by atoms with Crippen molar-refractivity contribution in [1.82, 2.24) is 10.3 Å². The first kappa shape index (κ1) is 17.4. The largest absolute Gasteiger partial charge is 0.491 e. The molecule has 1 aromatic heterocycles. The van der Waals surface area contributed by atoms with Crippen LogP contribution in [-0.4, -0.2) is 37.8 Å². The molecule has 2 heterocycles. The number of hydrogen-bond donors (Lipinski definition) is 1. The van der Waals surface area contributed by atoms with Crippen LogP contribution in [0.2, 0.25) is 0 Å². The molecule has 1 aliphatic heterocycles. The van der Waals surface area contributed by atoms with Gasteiger partial charge < -0.3 is 23.9 Å². The molecular weight excluding hydrogens is 324 g/mol. The highest BCUT2D eigenvalue weighted by Gasteiger charge is 2.27. The fourth-order valence-electron chi connectivity index (χ4n) is 2.69. The molecule has 1 N–H and O–H groups in total. The Morgan fingerprint density at radius 2 is 2.32 bits per heavy atom. The number of ether oxygens (including phenoxy) is 3. The molecule has 7 nitrogen and oxygen atoms in total. The van der Waals surface area contributed by atoms with E-state index in [-0.39, 0.29) is 12.0 Å². The summed E-state index contributed by atoms with van der Waals surface area (Å²) in [6.45, 7) is 2.07. The Bertz CT molecular complexity index is 694. The van der Waals surface area contributed by atoms with Crippen LogP contribution in [0.1, 0.15) is 40.8 Å². The van der Waals surface area contributed by atoms with E-state index in [9.17, 15) is 4.79 Å². The molecule has 1 aromatic carbocycles. The van der Waals surface area contributed by atoms with Crippen molar-refractivity contribution in [2.75, 3.05) is 26.9 Å². The minimum absolute atomic E-state index is 0.180. The molecule has 0 radical (unpaired) electrons. The highest BCUT2D eigenvalue weighted by molar-refractivity contribution is 5.93. The number of carbonyl (C=O) groups excluding carboxylic acids is 1. The summed E-state index contributed by atoms with van der Waals surface area (Å²) in [4.78, 5) is 16.5. The Balaban J connectivity index is 1.57. The van der Waals surface area contributed by atoms with Crippen LogP contribution in [0.15, 0.2) is 35.1 Å². The summed E-state index contributed by atoms with van der Waals surface area (Å²) in [7, 11) is 1.63. The van der Waals surface area contributed by atoms with Gasteiger partial charge in [-0.1, -0.05) is 12.1 Å². The number of methoxy groups -OCH3 is 1. The van der Waals surface area contributed by atoms with Crippen molar-refractivity contribution in [2.45, 2.75) is 25.5 Å². The zero-order valence-electron chi connectivity index (χ0n) is 14.2. The van der Waals surface area contributed by atoms with E-state index in [0.717, 1.165) is 24.2 Å². The zero-order chi connectivity index (χ0) is 17.5. The van der Waals surface area contributed by atoms with E-state index < -0.39 is 0 Å². The summed E-state index contributed by atoms with van der Waals surface area (Å²) < 4.78 is 21.5. The quantitative estimate of drug-likeness (QED) is 0.740. The molecule has 0 aliphatic carbocycles. The highest BCUT2D eigenvalue weighted by atomic mass is 16.5. The fourth-order valence-corrected chi connectivity index (χ4v) is 2.69.